The number of amides is 1. The lowest BCUT2D eigenvalue weighted by Crippen LogP contribution is -2.34. The van der Waals surface area contributed by atoms with E-state index in [1.54, 1.807) is 6.07 Å². The second-order valence-electron chi connectivity index (χ2n) is 7.04. The van der Waals surface area contributed by atoms with E-state index in [0.717, 1.165) is 21.9 Å². The van der Waals surface area contributed by atoms with Crippen molar-refractivity contribution < 1.29 is 14.0 Å². The van der Waals surface area contributed by atoms with Crippen LogP contribution in [-0.2, 0) is 9.63 Å². The molecule has 0 saturated carbocycles. The lowest BCUT2D eigenvalue weighted by molar-refractivity contribution is -0.120. The van der Waals surface area contributed by atoms with E-state index in [-0.39, 0.29) is 5.91 Å². The van der Waals surface area contributed by atoms with Crippen LogP contribution >= 0.6 is 11.6 Å². The van der Waals surface area contributed by atoms with Crippen molar-refractivity contribution in [3.8, 4) is 0 Å². The molecule has 5 nitrogen and oxygen atoms in total. The first kappa shape index (κ1) is 17.8. The Morgan fingerprint density at radius 1 is 1.00 bits per heavy atom. The number of carbonyl (C=O) groups is 1. The maximum Gasteiger partial charge on any atom is 0.237 e. The van der Waals surface area contributed by atoms with Crippen LogP contribution in [0.15, 0.2) is 76.3 Å². The highest BCUT2D eigenvalue weighted by molar-refractivity contribution is 6.35. The van der Waals surface area contributed by atoms with Gasteiger partial charge in [-0.2, -0.15) is 0 Å². The Kier molecular flexibility index (Phi) is 4.25. The van der Waals surface area contributed by atoms with E-state index in [2.05, 4.69) is 10.5 Å². The van der Waals surface area contributed by atoms with E-state index in [9.17, 15) is 4.79 Å². The van der Waals surface area contributed by atoms with Crippen molar-refractivity contribution >= 4 is 50.8 Å². The van der Waals surface area contributed by atoms with Gasteiger partial charge in [-0.3, -0.25) is 4.79 Å². The monoisotopic (exact) mass is 404 g/mol. The van der Waals surface area contributed by atoms with E-state index in [0.29, 0.717) is 22.0 Å². The molecular formula is C23H17ClN2O3. The Bertz CT molecular complexity index is 1280. The summed E-state index contributed by atoms with van der Waals surface area (Å²) in [5.74, 6) is -0.773. The fourth-order valence-electron chi connectivity index (χ4n) is 3.73. The van der Waals surface area contributed by atoms with Crippen molar-refractivity contribution in [2.45, 2.75) is 13.0 Å². The van der Waals surface area contributed by atoms with Crippen molar-refractivity contribution in [1.82, 2.24) is 0 Å². The van der Waals surface area contributed by atoms with Crippen molar-refractivity contribution in [3.63, 3.8) is 0 Å². The molecule has 5 rings (SSSR count). The topological polar surface area (TPSA) is 63.8 Å². The van der Waals surface area contributed by atoms with Crippen LogP contribution in [0.1, 0.15) is 12.5 Å². The van der Waals surface area contributed by atoms with Gasteiger partial charge in [-0.15, -0.1) is 0 Å². The highest BCUT2D eigenvalue weighted by Gasteiger charge is 2.38. The average Bonchev–Trinajstić information content (AvgIpc) is 3.28. The molecule has 0 spiro atoms. The fraction of sp³-hybridized carbons (Fsp3) is 0.130. The van der Waals surface area contributed by atoms with Gasteiger partial charge >= 0.3 is 0 Å². The third kappa shape index (κ3) is 3.04. The molecule has 1 N–H and O–H groups in total. The summed E-state index contributed by atoms with van der Waals surface area (Å²) in [5.41, 5.74) is 3.42. The lowest BCUT2D eigenvalue weighted by atomic mass is 9.92. The summed E-state index contributed by atoms with van der Waals surface area (Å²) in [6.45, 7) is 1.82. The van der Waals surface area contributed by atoms with Crippen molar-refractivity contribution in [1.29, 1.82) is 0 Å². The lowest BCUT2D eigenvalue weighted by Gasteiger charge is -2.16. The number of hydrogen-bond acceptors (Lipinski definition) is 4. The minimum Gasteiger partial charge on any atom is -0.456 e. The number of anilines is 1. The second-order valence-corrected chi connectivity index (χ2v) is 7.45. The normalized spacial score (nSPS) is 18.6. The SMILES string of the molecule is C[C@@H]1ON=C(c2ccccc2Cl)[C@H]1C(=O)Nc1ccc2c(c1)oc1ccccc12. The number of hydrogen-bond donors (Lipinski definition) is 1. The molecule has 144 valence electrons. The first-order valence-corrected chi connectivity index (χ1v) is 9.70. The van der Waals surface area contributed by atoms with E-state index < -0.39 is 12.0 Å². The quantitative estimate of drug-likeness (QED) is 0.482. The van der Waals surface area contributed by atoms with E-state index in [1.165, 1.54) is 0 Å². The van der Waals surface area contributed by atoms with Gasteiger partial charge in [-0.25, -0.2) is 0 Å². The van der Waals surface area contributed by atoms with Crippen molar-refractivity contribution in [3.05, 3.63) is 77.3 Å². The Morgan fingerprint density at radius 3 is 2.62 bits per heavy atom. The molecule has 0 fully saturated rings. The summed E-state index contributed by atoms with van der Waals surface area (Å²) < 4.78 is 5.91. The first-order valence-electron chi connectivity index (χ1n) is 9.32. The van der Waals surface area contributed by atoms with Gasteiger partial charge in [-0.05, 0) is 31.2 Å². The maximum absolute atomic E-state index is 13.1. The van der Waals surface area contributed by atoms with Crippen molar-refractivity contribution in [2.24, 2.45) is 11.1 Å². The third-order valence-corrected chi connectivity index (χ3v) is 5.49. The number of oxime groups is 1. The highest BCUT2D eigenvalue weighted by Crippen LogP contribution is 2.32. The number of halogens is 1. The predicted octanol–water partition coefficient (Wildman–Crippen LogP) is 5.62. The molecule has 1 aliphatic heterocycles. The molecule has 1 aromatic heterocycles. The molecule has 0 unspecified atom stereocenters. The zero-order valence-corrected chi connectivity index (χ0v) is 16.3. The van der Waals surface area contributed by atoms with Gasteiger partial charge in [-0.1, -0.05) is 53.2 Å². The van der Waals surface area contributed by atoms with Gasteiger partial charge in [0.05, 0.1) is 0 Å². The van der Waals surface area contributed by atoms with Crippen LogP contribution in [0.5, 0.6) is 0 Å². The molecule has 29 heavy (non-hydrogen) atoms. The molecule has 0 saturated heterocycles. The Hall–Kier alpha value is -3.31. The molecule has 2 heterocycles. The highest BCUT2D eigenvalue weighted by atomic mass is 35.5. The van der Waals surface area contributed by atoms with Crippen molar-refractivity contribution in [2.75, 3.05) is 5.32 Å². The summed E-state index contributed by atoms with van der Waals surface area (Å²) in [5, 5.41) is 9.68. The van der Waals surface area contributed by atoms with Gasteiger partial charge in [0, 0.05) is 33.1 Å². The molecule has 6 heteroatoms. The van der Waals surface area contributed by atoms with Crippen LogP contribution in [-0.4, -0.2) is 17.7 Å². The van der Waals surface area contributed by atoms with Gasteiger partial charge in [0.15, 0.2) is 0 Å². The van der Waals surface area contributed by atoms with Crippen LogP contribution in [0, 0.1) is 5.92 Å². The fourth-order valence-corrected chi connectivity index (χ4v) is 3.96. The molecule has 1 aliphatic rings. The average molecular weight is 405 g/mol. The number of nitrogens with one attached hydrogen (secondary N) is 1. The van der Waals surface area contributed by atoms with Gasteiger partial charge in [0.2, 0.25) is 5.91 Å². The number of carbonyl (C=O) groups excluding carboxylic acids is 1. The number of rotatable bonds is 3. The van der Waals surface area contributed by atoms with Crippen LogP contribution < -0.4 is 5.32 Å². The summed E-state index contributed by atoms with van der Waals surface area (Å²) in [7, 11) is 0. The summed E-state index contributed by atoms with van der Waals surface area (Å²) in [6, 6.07) is 20.8. The van der Waals surface area contributed by atoms with Crippen LogP contribution in [0.4, 0.5) is 5.69 Å². The molecule has 4 aromatic rings. The van der Waals surface area contributed by atoms with Gasteiger partial charge in [0.1, 0.15) is 28.9 Å². The Labute approximate surface area is 171 Å². The molecule has 0 bridgehead atoms. The van der Waals surface area contributed by atoms with Crippen LogP contribution in [0.3, 0.4) is 0 Å². The maximum atomic E-state index is 13.1. The predicted molar refractivity (Wildman–Crippen MR) is 114 cm³/mol. The van der Waals surface area contributed by atoms with E-state index in [4.69, 9.17) is 20.9 Å². The number of benzene rings is 3. The van der Waals surface area contributed by atoms with Gasteiger partial charge in [0.25, 0.3) is 0 Å². The smallest absolute Gasteiger partial charge is 0.237 e. The van der Waals surface area contributed by atoms with Gasteiger partial charge < -0.3 is 14.6 Å². The molecule has 0 radical (unpaired) electrons. The Morgan fingerprint density at radius 2 is 1.76 bits per heavy atom. The summed E-state index contributed by atoms with van der Waals surface area (Å²) in [4.78, 5) is 18.5. The number of fused-ring (bicyclic) bond motifs is 3. The minimum atomic E-state index is -0.568. The number of para-hydroxylation sites is 1. The zero-order chi connectivity index (χ0) is 20.0. The number of furan rings is 1. The van der Waals surface area contributed by atoms with Crippen LogP contribution in [0.2, 0.25) is 5.02 Å². The summed E-state index contributed by atoms with van der Waals surface area (Å²) >= 11 is 6.31. The molecule has 0 aliphatic carbocycles. The Balaban J connectivity index is 1.45. The third-order valence-electron chi connectivity index (χ3n) is 5.16. The minimum absolute atomic E-state index is 0.205. The first-order chi connectivity index (χ1) is 14.1. The molecule has 2 atom stereocenters. The van der Waals surface area contributed by atoms with Crippen LogP contribution in [0.25, 0.3) is 21.9 Å². The zero-order valence-electron chi connectivity index (χ0n) is 15.6. The van der Waals surface area contributed by atoms with E-state index >= 15 is 0 Å². The molecule has 3 aromatic carbocycles. The number of nitrogens with zero attached hydrogens (tertiary/aromatic N) is 1. The summed E-state index contributed by atoms with van der Waals surface area (Å²) in [6.07, 6.45) is -0.392. The van der Waals surface area contributed by atoms with E-state index in [1.807, 2.05) is 67.6 Å². The largest absolute Gasteiger partial charge is 0.456 e. The standard InChI is InChI=1S/C23H17ClN2O3/c1-13-21(22(26-29-13)17-7-2-4-8-18(17)24)23(27)25-14-10-11-16-15-6-3-5-9-19(15)28-20(16)12-14/h2-13,21H,1H3,(H,25,27)/t13-,21-/m0/s1. The second kappa shape index (κ2) is 6.94. The molecular weight excluding hydrogens is 388 g/mol. The molecule has 1 amide bonds.